The van der Waals surface area contributed by atoms with Gasteiger partial charge in [-0.3, -0.25) is 14.9 Å². The number of hydrogen-bond acceptors (Lipinski definition) is 7. The third kappa shape index (κ3) is 5.27. The lowest BCUT2D eigenvalue weighted by atomic mass is 10.2. The molecule has 0 bridgehead atoms. The molecule has 3 heterocycles. The van der Waals surface area contributed by atoms with E-state index in [0.29, 0.717) is 16.7 Å². The van der Waals surface area contributed by atoms with Crippen molar-refractivity contribution in [2.75, 3.05) is 5.32 Å². The average Bonchev–Trinajstić information content (AvgIpc) is 3.38. The van der Waals surface area contributed by atoms with Crippen molar-refractivity contribution in [3.8, 4) is 11.4 Å². The van der Waals surface area contributed by atoms with E-state index in [2.05, 4.69) is 30.5 Å². The summed E-state index contributed by atoms with van der Waals surface area (Å²) < 4.78 is 0. The van der Waals surface area contributed by atoms with Gasteiger partial charge in [0, 0.05) is 34.8 Å². The number of amides is 1. The Morgan fingerprint density at radius 1 is 1.14 bits per heavy atom. The number of anilines is 1. The predicted molar refractivity (Wildman–Crippen MR) is 115 cm³/mol. The number of nitrogens with one attached hydrogen (secondary N) is 2. The number of aryl methyl sites for hydroxylation is 1. The molecule has 0 saturated carbocycles. The Bertz CT molecular complexity index is 1090. The number of aromatic amines is 1. The van der Waals surface area contributed by atoms with Gasteiger partial charge in [-0.05, 0) is 31.2 Å². The molecular formula is C20H18N6OS2. The second-order valence-corrected chi connectivity index (χ2v) is 8.20. The van der Waals surface area contributed by atoms with Crippen LogP contribution in [0.1, 0.15) is 16.3 Å². The van der Waals surface area contributed by atoms with E-state index in [4.69, 9.17) is 0 Å². The minimum absolute atomic E-state index is 0.0710. The first-order valence-corrected chi connectivity index (χ1v) is 10.8. The number of carbonyl (C=O) groups excluding carboxylic acids is 1. The summed E-state index contributed by atoms with van der Waals surface area (Å²) in [7, 11) is 0. The highest BCUT2D eigenvalue weighted by Crippen LogP contribution is 2.23. The average molecular weight is 423 g/mol. The largest absolute Gasteiger partial charge is 0.326 e. The highest BCUT2D eigenvalue weighted by atomic mass is 32.2. The molecule has 0 radical (unpaired) electrons. The summed E-state index contributed by atoms with van der Waals surface area (Å²) in [4.78, 5) is 25.2. The maximum absolute atomic E-state index is 12.2. The zero-order chi connectivity index (χ0) is 20.1. The van der Waals surface area contributed by atoms with Crippen LogP contribution in [0, 0.1) is 6.92 Å². The SMILES string of the molecule is Cc1ccc(NC(=O)Cc2nc(CSc3n[nH]c(-c4ccncc4)n3)cs2)cc1. The normalized spacial score (nSPS) is 10.8. The Labute approximate surface area is 176 Å². The van der Waals surface area contributed by atoms with Crippen molar-refractivity contribution in [1.29, 1.82) is 0 Å². The number of pyridine rings is 1. The van der Waals surface area contributed by atoms with E-state index in [1.54, 1.807) is 12.4 Å². The number of carbonyl (C=O) groups is 1. The Morgan fingerprint density at radius 3 is 2.72 bits per heavy atom. The molecular weight excluding hydrogens is 404 g/mol. The van der Waals surface area contributed by atoms with Gasteiger partial charge in [0.05, 0.1) is 12.1 Å². The van der Waals surface area contributed by atoms with Crippen molar-refractivity contribution in [3.05, 3.63) is 70.4 Å². The third-order valence-electron chi connectivity index (χ3n) is 4.01. The Balaban J connectivity index is 1.30. The van der Waals surface area contributed by atoms with Crippen LogP contribution in [-0.4, -0.2) is 31.1 Å². The van der Waals surface area contributed by atoms with Crippen LogP contribution >= 0.6 is 23.1 Å². The van der Waals surface area contributed by atoms with Crippen LogP contribution in [0.2, 0.25) is 0 Å². The summed E-state index contributed by atoms with van der Waals surface area (Å²) in [5.74, 6) is 1.28. The van der Waals surface area contributed by atoms with Crippen LogP contribution in [0.5, 0.6) is 0 Å². The molecule has 0 spiro atoms. The fourth-order valence-corrected chi connectivity index (χ4v) is 4.15. The Kier molecular flexibility index (Phi) is 5.97. The smallest absolute Gasteiger partial charge is 0.231 e. The van der Waals surface area contributed by atoms with E-state index in [0.717, 1.165) is 27.5 Å². The fraction of sp³-hybridized carbons (Fsp3) is 0.150. The van der Waals surface area contributed by atoms with Crippen molar-refractivity contribution in [1.82, 2.24) is 25.1 Å². The van der Waals surface area contributed by atoms with Gasteiger partial charge in [0.25, 0.3) is 0 Å². The van der Waals surface area contributed by atoms with Gasteiger partial charge in [-0.2, -0.15) is 0 Å². The first-order valence-electron chi connectivity index (χ1n) is 8.91. The third-order valence-corrected chi connectivity index (χ3v) is 5.79. The van der Waals surface area contributed by atoms with Gasteiger partial charge >= 0.3 is 0 Å². The first kappa shape index (κ1) is 19.3. The van der Waals surface area contributed by atoms with Crippen molar-refractivity contribution in [2.24, 2.45) is 0 Å². The molecule has 2 N–H and O–H groups in total. The molecule has 1 amide bonds. The topological polar surface area (TPSA) is 96.5 Å². The quantitative estimate of drug-likeness (QED) is 0.435. The number of aromatic nitrogens is 5. The molecule has 0 unspecified atom stereocenters. The van der Waals surface area contributed by atoms with Crippen molar-refractivity contribution < 1.29 is 4.79 Å². The molecule has 0 atom stereocenters. The maximum atomic E-state index is 12.2. The lowest BCUT2D eigenvalue weighted by molar-refractivity contribution is -0.115. The summed E-state index contributed by atoms with van der Waals surface area (Å²) >= 11 is 2.99. The van der Waals surface area contributed by atoms with Gasteiger partial charge in [-0.15, -0.1) is 16.4 Å². The minimum Gasteiger partial charge on any atom is -0.326 e. The predicted octanol–water partition coefficient (Wildman–Crippen LogP) is 4.11. The molecule has 0 aliphatic heterocycles. The van der Waals surface area contributed by atoms with Gasteiger partial charge in [-0.25, -0.2) is 9.97 Å². The molecule has 29 heavy (non-hydrogen) atoms. The monoisotopic (exact) mass is 422 g/mol. The molecule has 4 rings (SSSR count). The molecule has 4 aromatic rings. The van der Waals surface area contributed by atoms with Gasteiger partial charge in [0.15, 0.2) is 5.82 Å². The number of hydrogen-bond donors (Lipinski definition) is 2. The zero-order valence-corrected chi connectivity index (χ0v) is 17.3. The lowest BCUT2D eigenvalue weighted by Gasteiger charge is -2.04. The number of H-pyrrole nitrogens is 1. The second kappa shape index (κ2) is 8.97. The van der Waals surface area contributed by atoms with E-state index < -0.39 is 0 Å². The highest BCUT2D eigenvalue weighted by Gasteiger charge is 2.11. The van der Waals surface area contributed by atoms with Gasteiger partial charge in [0.2, 0.25) is 11.1 Å². The van der Waals surface area contributed by atoms with Gasteiger partial charge < -0.3 is 5.32 Å². The number of rotatable bonds is 7. The Morgan fingerprint density at radius 2 is 1.93 bits per heavy atom. The highest BCUT2D eigenvalue weighted by molar-refractivity contribution is 7.98. The summed E-state index contributed by atoms with van der Waals surface area (Å²) in [6, 6.07) is 11.5. The fourth-order valence-electron chi connectivity index (χ4n) is 2.56. The lowest BCUT2D eigenvalue weighted by Crippen LogP contribution is -2.14. The first-order chi connectivity index (χ1) is 14.2. The molecule has 0 fully saturated rings. The molecule has 0 saturated heterocycles. The van der Waals surface area contributed by atoms with E-state index >= 15 is 0 Å². The van der Waals surface area contributed by atoms with Crippen LogP contribution < -0.4 is 5.32 Å². The Hall–Kier alpha value is -3.04. The summed E-state index contributed by atoms with van der Waals surface area (Å²) in [6.07, 6.45) is 3.70. The van der Waals surface area contributed by atoms with Crippen molar-refractivity contribution in [3.63, 3.8) is 0 Å². The molecule has 7 nitrogen and oxygen atoms in total. The number of nitrogens with zero attached hydrogens (tertiary/aromatic N) is 4. The van der Waals surface area contributed by atoms with E-state index in [1.165, 1.54) is 23.1 Å². The number of thioether (sulfide) groups is 1. The van der Waals surface area contributed by atoms with Crippen molar-refractivity contribution in [2.45, 2.75) is 24.3 Å². The van der Waals surface area contributed by atoms with E-state index in [1.807, 2.05) is 48.7 Å². The van der Waals surface area contributed by atoms with E-state index in [-0.39, 0.29) is 12.3 Å². The second-order valence-electron chi connectivity index (χ2n) is 6.31. The molecule has 1 aromatic carbocycles. The molecule has 9 heteroatoms. The summed E-state index contributed by atoms with van der Waals surface area (Å²) in [5.41, 5.74) is 3.80. The molecule has 0 aliphatic carbocycles. The van der Waals surface area contributed by atoms with Crippen LogP contribution in [0.4, 0.5) is 5.69 Å². The maximum Gasteiger partial charge on any atom is 0.231 e. The molecule has 3 aromatic heterocycles. The summed E-state index contributed by atoms with van der Waals surface area (Å²) in [5, 5.41) is 13.5. The summed E-state index contributed by atoms with van der Waals surface area (Å²) in [6.45, 7) is 2.01. The number of thiazole rings is 1. The number of benzene rings is 1. The zero-order valence-electron chi connectivity index (χ0n) is 15.6. The van der Waals surface area contributed by atoms with Gasteiger partial charge in [-0.1, -0.05) is 29.5 Å². The van der Waals surface area contributed by atoms with Crippen LogP contribution in [0.15, 0.2) is 59.3 Å². The van der Waals surface area contributed by atoms with Crippen molar-refractivity contribution >= 4 is 34.7 Å². The van der Waals surface area contributed by atoms with Crippen LogP contribution in [-0.2, 0) is 17.0 Å². The minimum atomic E-state index is -0.0710. The standard InChI is InChI=1S/C20H18N6OS2/c1-13-2-4-15(5-3-13)22-17(27)10-18-23-16(11-28-18)12-29-20-24-19(25-26-20)14-6-8-21-9-7-14/h2-9,11H,10,12H2,1H3,(H,22,27)(H,24,25,26). The molecule has 0 aliphatic rings. The molecule has 146 valence electrons. The van der Waals surface area contributed by atoms with E-state index in [9.17, 15) is 4.79 Å². The van der Waals surface area contributed by atoms with Crippen LogP contribution in [0.25, 0.3) is 11.4 Å². The van der Waals surface area contributed by atoms with Crippen LogP contribution in [0.3, 0.4) is 0 Å². The van der Waals surface area contributed by atoms with Gasteiger partial charge in [0.1, 0.15) is 5.01 Å².